The van der Waals surface area contributed by atoms with Gasteiger partial charge in [0.15, 0.2) is 0 Å². The molecule has 0 saturated carbocycles. The molecule has 2 rings (SSSR count). The summed E-state index contributed by atoms with van der Waals surface area (Å²) in [6, 6.07) is 3.30. The van der Waals surface area contributed by atoms with Gasteiger partial charge in [-0.15, -0.1) is 0 Å². The molecule has 1 N–H and O–H groups in total. The third-order valence-electron chi connectivity index (χ3n) is 4.15. The third kappa shape index (κ3) is 4.30. The molecule has 0 radical (unpaired) electrons. The zero-order chi connectivity index (χ0) is 15.6. The van der Waals surface area contributed by atoms with Crippen molar-refractivity contribution in [2.24, 2.45) is 0 Å². The van der Waals surface area contributed by atoms with Crippen LogP contribution in [0.3, 0.4) is 0 Å². The molecule has 118 valence electrons. The Bertz CT molecular complexity index is 498. The Labute approximate surface area is 136 Å². The molecule has 1 heterocycles. The van der Waals surface area contributed by atoms with Crippen LogP contribution in [0, 0.1) is 5.82 Å². The minimum Gasteiger partial charge on any atom is -0.309 e. The maximum atomic E-state index is 13.6. The summed E-state index contributed by atoms with van der Waals surface area (Å²) in [6.07, 6.45) is 0. The molecule has 0 bridgehead atoms. The molecule has 1 fully saturated rings. The minimum absolute atomic E-state index is 0.0232. The number of rotatable bonds is 4. The van der Waals surface area contributed by atoms with Crippen LogP contribution in [0.25, 0.3) is 0 Å². The van der Waals surface area contributed by atoms with Crippen molar-refractivity contribution in [3.63, 3.8) is 0 Å². The molecule has 0 aliphatic carbocycles. The first-order chi connectivity index (χ1) is 9.88. The molecule has 3 nitrogen and oxygen atoms in total. The molecular weight excluding hydrogens is 312 g/mol. The van der Waals surface area contributed by atoms with E-state index in [1.54, 1.807) is 0 Å². The highest BCUT2D eigenvalue weighted by Crippen LogP contribution is 2.28. The standard InChI is InChI=1S/C15H22Cl2FN3/c1-10(12-6-15(18)14(17)7-13(12)16)19-8-11-9-20(2)4-5-21(11)3/h6-7,10-11,19H,4-5,8-9H2,1-3H3. The fourth-order valence-corrected chi connectivity index (χ4v) is 3.16. The quantitative estimate of drug-likeness (QED) is 0.854. The maximum absolute atomic E-state index is 13.6. The van der Waals surface area contributed by atoms with Crippen molar-refractivity contribution in [2.45, 2.75) is 19.0 Å². The van der Waals surface area contributed by atoms with Crippen LogP contribution in [0.1, 0.15) is 18.5 Å². The van der Waals surface area contributed by atoms with Crippen LogP contribution < -0.4 is 5.32 Å². The van der Waals surface area contributed by atoms with Gasteiger partial charge in [0.1, 0.15) is 5.82 Å². The second-order valence-electron chi connectivity index (χ2n) is 5.81. The molecule has 6 heteroatoms. The summed E-state index contributed by atoms with van der Waals surface area (Å²) >= 11 is 11.9. The normalized spacial score (nSPS) is 22.5. The lowest BCUT2D eigenvalue weighted by Gasteiger charge is -2.38. The number of halogens is 3. The summed E-state index contributed by atoms with van der Waals surface area (Å²) in [6.45, 7) is 6.01. The first-order valence-corrected chi connectivity index (χ1v) is 7.90. The lowest BCUT2D eigenvalue weighted by atomic mass is 10.1. The van der Waals surface area contributed by atoms with Gasteiger partial charge in [-0.05, 0) is 38.7 Å². The summed E-state index contributed by atoms with van der Waals surface area (Å²) < 4.78 is 13.6. The Balaban J connectivity index is 1.98. The van der Waals surface area contributed by atoms with E-state index in [2.05, 4.69) is 29.2 Å². The second-order valence-corrected chi connectivity index (χ2v) is 6.63. The second kappa shape index (κ2) is 7.25. The van der Waals surface area contributed by atoms with Gasteiger partial charge in [0, 0.05) is 43.3 Å². The fraction of sp³-hybridized carbons (Fsp3) is 0.600. The molecule has 1 saturated heterocycles. The van der Waals surface area contributed by atoms with Gasteiger partial charge in [-0.2, -0.15) is 0 Å². The first kappa shape index (κ1) is 17.0. The smallest absolute Gasteiger partial charge is 0.142 e. The van der Waals surface area contributed by atoms with E-state index in [9.17, 15) is 4.39 Å². The average Bonchev–Trinajstić information content (AvgIpc) is 2.43. The summed E-state index contributed by atoms with van der Waals surface area (Å²) in [5, 5.41) is 4.00. The van der Waals surface area contributed by atoms with Gasteiger partial charge in [-0.25, -0.2) is 4.39 Å². The van der Waals surface area contributed by atoms with E-state index >= 15 is 0 Å². The van der Waals surface area contributed by atoms with Crippen LogP contribution in [0.15, 0.2) is 12.1 Å². The number of hydrogen-bond donors (Lipinski definition) is 1. The van der Waals surface area contributed by atoms with Gasteiger partial charge >= 0.3 is 0 Å². The van der Waals surface area contributed by atoms with Gasteiger partial charge < -0.3 is 10.2 Å². The van der Waals surface area contributed by atoms with Crippen LogP contribution in [0.4, 0.5) is 4.39 Å². The summed E-state index contributed by atoms with van der Waals surface area (Å²) in [7, 11) is 4.27. The number of benzene rings is 1. The lowest BCUT2D eigenvalue weighted by Crippen LogP contribution is -2.53. The molecule has 1 aliphatic rings. The highest BCUT2D eigenvalue weighted by Gasteiger charge is 2.23. The number of hydrogen-bond acceptors (Lipinski definition) is 3. The predicted molar refractivity (Wildman–Crippen MR) is 86.8 cm³/mol. The van der Waals surface area contributed by atoms with Crippen molar-refractivity contribution in [3.8, 4) is 0 Å². The van der Waals surface area contributed by atoms with E-state index in [0.717, 1.165) is 31.7 Å². The van der Waals surface area contributed by atoms with E-state index in [4.69, 9.17) is 23.2 Å². The number of likely N-dealkylation sites (N-methyl/N-ethyl adjacent to an activating group) is 2. The highest BCUT2D eigenvalue weighted by atomic mass is 35.5. The summed E-state index contributed by atoms with van der Waals surface area (Å²) in [5.41, 5.74) is 0.741. The Morgan fingerprint density at radius 3 is 2.71 bits per heavy atom. The Morgan fingerprint density at radius 1 is 1.29 bits per heavy atom. The van der Waals surface area contributed by atoms with Crippen molar-refractivity contribution in [3.05, 3.63) is 33.6 Å². The van der Waals surface area contributed by atoms with E-state index < -0.39 is 5.82 Å². The van der Waals surface area contributed by atoms with Gasteiger partial charge in [0.25, 0.3) is 0 Å². The number of nitrogens with one attached hydrogen (secondary N) is 1. The van der Waals surface area contributed by atoms with E-state index in [-0.39, 0.29) is 11.1 Å². The highest BCUT2D eigenvalue weighted by molar-refractivity contribution is 6.35. The Kier molecular flexibility index (Phi) is 5.86. The van der Waals surface area contributed by atoms with Gasteiger partial charge in [-0.3, -0.25) is 4.90 Å². The van der Waals surface area contributed by atoms with E-state index in [0.29, 0.717) is 11.1 Å². The van der Waals surface area contributed by atoms with Crippen LogP contribution in [0.5, 0.6) is 0 Å². The molecule has 0 aromatic heterocycles. The Hall–Kier alpha value is -0.390. The van der Waals surface area contributed by atoms with Crippen molar-refractivity contribution in [2.75, 3.05) is 40.3 Å². The van der Waals surface area contributed by atoms with Gasteiger partial charge in [-0.1, -0.05) is 23.2 Å². The van der Waals surface area contributed by atoms with Crippen molar-refractivity contribution in [1.29, 1.82) is 0 Å². The van der Waals surface area contributed by atoms with Crippen LogP contribution >= 0.6 is 23.2 Å². The van der Waals surface area contributed by atoms with Gasteiger partial charge in [0.05, 0.1) is 5.02 Å². The molecule has 2 unspecified atom stereocenters. The molecular formula is C15H22Cl2FN3. The number of nitrogens with zero attached hydrogens (tertiary/aromatic N) is 2. The lowest BCUT2D eigenvalue weighted by molar-refractivity contribution is 0.112. The SMILES string of the molecule is CC(NCC1CN(C)CCN1C)c1cc(F)c(Cl)cc1Cl. The molecule has 1 aromatic carbocycles. The molecule has 1 aromatic rings. The zero-order valence-electron chi connectivity index (χ0n) is 12.7. The molecule has 1 aliphatic heterocycles. The topological polar surface area (TPSA) is 18.5 Å². The zero-order valence-corrected chi connectivity index (χ0v) is 14.2. The molecule has 0 spiro atoms. The molecule has 2 atom stereocenters. The number of piperazine rings is 1. The van der Waals surface area contributed by atoms with Crippen molar-refractivity contribution >= 4 is 23.2 Å². The monoisotopic (exact) mass is 333 g/mol. The largest absolute Gasteiger partial charge is 0.309 e. The van der Waals surface area contributed by atoms with Crippen LogP contribution in [-0.4, -0.2) is 56.1 Å². The first-order valence-electron chi connectivity index (χ1n) is 7.15. The van der Waals surface area contributed by atoms with Crippen LogP contribution in [0.2, 0.25) is 10.0 Å². The third-order valence-corrected chi connectivity index (χ3v) is 4.76. The summed E-state index contributed by atoms with van der Waals surface area (Å²) in [4.78, 5) is 4.68. The molecule has 21 heavy (non-hydrogen) atoms. The fourth-order valence-electron chi connectivity index (χ4n) is 2.61. The maximum Gasteiger partial charge on any atom is 0.142 e. The Morgan fingerprint density at radius 2 is 2.00 bits per heavy atom. The van der Waals surface area contributed by atoms with Crippen molar-refractivity contribution < 1.29 is 4.39 Å². The van der Waals surface area contributed by atoms with E-state index in [1.165, 1.54) is 12.1 Å². The predicted octanol–water partition coefficient (Wildman–Crippen LogP) is 3.03. The molecule has 0 amide bonds. The van der Waals surface area contributed by atoms with E-state index in [1.807, 2.05) is 6.92 Å². The van der Waals surface area contributed by atoms with Crippen molar-refractivity contribution in [1.82, 2.24) is 15.1 Å². The van der Waals surface area contributed by atoms with Gasteiger partial charge in [0.2, 0.25) is 0 Å². The average molecular weight is 334 g/mol. The van der Waals surface area contributed by atoms with Crippen LogP contribution in [-0.2, 0) is 0 Å². The minimum atomic E-state index is -0.431. The summed E-state index contributed by atoms with van der Waals surface area (Å²) in [5.74, 6) is -0.431.